The molecular weight excluding hydrogens is 586 g/mol. The van der Waals surface area contributed by atoms with Crippen LogP contribution in [0.25, 0.3) is 0 Å². The van der Waals surface area contributed by atoms with Crippen LogP contribution in [0.5, 0.6) is 0 Å². The molecule has 99 valence electrons. The van der Waals surface area contributed by atoms with Gasteiger partial charge in [-0.2, -0.15) is 0 Å². The number of hydrogen-bond acceptors (Lipinski definition) is 12. The molecule has 0 aromatic heterocycles. The molecule has 0 atom stereocenters. The Kier molecular flexibility index (Phi) is 23.7. The standard InChI is InChI=1S/2In.3Mn.12O/q2*+3;;;;;;;;;;6*-1. The molecule has 0 rings (SSSR count). The number of rotatable bonds is 0. The van der Waals surface area contributed by atoms with Crippen LogP contribution in [0.4, 0.5) is 0 Å². The second kappa shape index (κ2) is 12.9. The van der Waals surface area contributed by atoms with E-state index in [-0.39, 0.29) is 51.7 Å². The van der Waals surface area contributed by atoms with E-state index in [0.717, 1.165) is 0 Å². The van der Waals surface area contributed by atoms with Gasteiger partial charge in [0.15, 0.2) is 0 Å². The van der Waals surface area contributed by atoms with Crippen molar-refractivity contribution < 1.29 is 88.2 Å². The molecule has 0 heterocycles. The molecule has 0 unspecified atom stereocenters. The molecule has 0 saturated carbocycles. The Morgan fingerprint density at radius 2 is 0.412 bits per heavy atom. The van der Waals surface area contributed by atoms with Gasteiger partial charge in [-0.15, -0.1) is 0 Å². The Morgan fingerprint density at radius 3 is 0.412 bits per heavy atom. The summed E-state index contributed by atoms with van der Waals surface area (Å²) in [6.07, 6.45) is 0. The molecule has 0 amide bonds. The fraction of sp³-hybridized carbons (Fsp3) is 0. The zero-order valence-corrected chi connectivity index (χ0v) is 17.3. The first kappa shape index (κ1) is 31.3. The Balaban J connectivity index is -0.0000000400. The summed E-state index contributed by atoms with van der Waals surface area (Å²) in [6, 6.07) is 0. The maximum absolute atomic E-state index is 8.58. The summed E-state index contributed by atoms with van der Waals surface area (Å²) in [7, 11) is 0. The van der Waals surface area contributed by atoms with Crippen LogP contribution in [0.1, 0.15) is 0 Å². The van der Waals surface area contributed by atoms with E-state index >= 15 is 0 Å². The van der Waals surface area contributed by atoms with Crippen LogP contribution < -0.4 is 25.1 Å². The summed E-state index contributed by atoms with van der Waals surface area (Å²) < 4.78 is 103. The number of hydrogen-bond donors (Lipinski definition) is 0. The molecule has 0 aromatic rings. The predicted molar refractivity (Wildman–Crippen MR) is 15.6 cm³/mol. The zero-order valence-electron chi connectivity index (χ0n) is 7.19. The predicted octanol–water partition coefficient (Wildman–Crippen LogP) is -8.62. The molecule has 12 nitrogen and oxygen atoms in total. The van der Waals surface area contributed by atoms with Crippen molar-refractivity contribution in [1.82, 2.24) is 0 Å². The van der Waals surface area contributed by atoms with Crippen molar-refractivity contribution in [3.05, 3.63) is 0 Å². The first-order valence-electron chi connectivity index (χ1n) is 1.85. The van der Waals surface area contributed by atoms with Gasteiger partial charge >= 0.3 is 140 Å². The van der Waals surface area contributed by atoms with Gasteiger partial charge in [0.05, 0.1) is 0 Å². The summed E-state index contributed by atoms with van der Waals surface area (Å²) in [5.41, 5.74) is 0. The summed E-state index contributed by atoms with van der Waals surface area (Å²) in [4.78, 5) is 0. The summed E-state index contributed by atoms with van der Waals surface area (Å²) in [5, 5.41) is 0. The second-order valence-electron chi connectivity index (χ2n) is 1.13. The third kappa shape index (κ3) is 1300. The monoisotopic (exact) mass is 587 g/mol. The molecule has 0 saturated heterocycles. The van der Waals surface area contributed by atoms with E-state index in [2.05, 4.69) is 0 Å². The zero-order chi connectivity index (χ0) is 13.5. The van der Waals surface area contributed by atoms with Gasteiger partial charge in [0.1, 0.15) is 0 Å². The minimum absolute atomic E-state index is 0. The van der Waals surface area contributed by atoms with Crippen molar-refractivity contribution in [2.24, 2.45) is 0 Å². The average Bonchev–Trinajstić information content (AvgIpc) is 1.41. The summed E-state index contributed by atoms with van der Waals surface area (Å²) in [6.45, 7) is 0. The van der Waals surface area contributed by atoms with Crippen LogP contribution in [0.3, 0.4) is 0 Å². The van der Waals surface area contributed by atoms with E-state index in [1.807, 2.05) is 0 Å². The first-order chi connectivity index (χ1) is 6.00. The van der Waals surface area contributed by atoms with E-state index < -0.39 is 40.1 Å². The molecule has 0 bridgehead atoms. The van der Waals surface area contributed by atoms with Gasteiger partial charge in [0.25, 0.3) is 0 Å². The molecule has 17 heavy (non-hydrogen) atoms. The van der Waals surface area contributed by atoms with Gasteiger partial charge in [-0.05, 0) is 0 Å². The maximum atomic E-state index is 8.58. The molecule has 0 aliphatic carbocycles. The Hall–Kier alpha value is 1.86. The second-order valence-corrected chi connectivity index (χ2v) is 4.68. The SMILES string of the molecule is [In+3].[In+3].[O]=[Mn](=[O])([O-])[O-].[O]=[Mn](=[O])([O-])[O-].[O]=[Mn](=[O])([O-])[O-]. The van der Waals surface area contributed by atoms with Crippen molar-refractivity contribution in [3.63, 3.8) is 0 Å². The van der Waals surface area contributed by atoms with Crippen LogP contribution in [-0.2, 0) is 63.1 Å². The molecule has 17 heteroatoms. The van der Waals surface area contributed by atoms with Crippen molar-refractivity contribution in [3.8, 4) is 0 Å². The third-order valence-corrected chi connectivity index (χ3v) is 0. The Labute approximate surface area is 138 Å². The van der Waals surface area contributed by atoms with Gasteiger partial charge in [-0.3, -0.25) is 0 Å². The van der Waals surface area contributed by atoms with E-state index in [0.29, 0.717) is 0 Å². The molecular formula is In2Mn3O12. The van der Waals surface area contributed by atoms with Crippen LogP contribution >= 0.6 is 0 Å². The van der Waals surface area contributed by atoms with Gasteiger partial charge in [0.2, 0.25) is 0 Å². The van der Waals surface area contributed by atoms with E-state index in [1.54, 1.807) is 0 Å². The Morgan fingerprint density at radius 1 is 0.412 bits per heavy atom. The topological polar surface area (TPSA) is 241 Å². The van der Waals surface area contributed by atoms with E-state index in [9.17, 15) is 0 Å². The molecule has 0 fully saturated rings. The summed E-state index contributed by atoms with van der Waals surface area (Å²) in [5.74, 6) is 0. The van der Waals surface area contributed by atoms with Crippen LogP contribution in [-0.4, -0.2) is 51.7 Å². The third-order valence-electron chi connectivity index (χ3n) is 0. The van der Waals surface area contributed by atoms with Gasteiger partial charge in [-0.1, -0.05) is 0 Å². The summed E-state index contributed by atoms with van der Waals surface area (Å²) >= 11 is -16.9. The molecule has 0 aromatic carbocycles. The fourth-order valence-corrected chi connectivity index (χ4v) is 0. The molecule has 0 aliphatic rings. The van der Waals surface area contributed by atoms with Crippen LogP contribution in [0, 0.1) is 0 Å². The van der Waals surface area contributed by atoms with Gasteiger partial charge < -0.3 is 0 Å². The Bertz CT molecular complexity index is 341. The van der Waals surface area contributed by atoms with E-state index in [4.69, 9.17) is 48.1 Å². The molecule has 0 spiro atoms. The first-order valence-corrected chi connectivity index (χ1v) is 7.63. The van der Waals surface area contributed by atoms with Crippen LogP contribution in [0.2, 0.25) is 0 Å². The van der Waals surface area contributed by atoms with Crippen molar-refractivity contribution in [1.29, 1.82) is 0 Å². The average molecular weight is 586 g/mol. The van der Waals surface area contributed by atoms with Crippen molar-refractivity contribution >= 4 is 51.7 Å². The fourth-order valence-electron chi connectivity index (χ4n) is 0. The molecule has 0 aliphatic heterocycles. The minimum atomic E-state index is -5.62. The molecule has 0 radical (unpaired) electrons. The van der Waals surface area contributed by atoms with E-state index in [1.165, 1.54) is 0 Å². The normalized spacial score (nSPS) is 10.2. The quantitative estimate of drug-likeness (QED) is 0.240. The van der Waals surface area contributed by atoms with Crippen LogP contribution in [0.15, 0.2) is 0 Å². The van der Waals surface area contributed by atoms with Crippen molar-refractivity contribution in [2.45, 2.75) is 0 Å². The molecule has 0 N–H and O–H groups in total. The van der Waals surface area contributed by atoms with Gasteiger partial charge in [-0.25, -0.2) is 0 Å². The van der Waals surface area contributed by atoms with Gasteiger partial charge in [0, 0.05) is 0 Å². The van der Waals surface area contributed by atoms with Crippen molar-refractivity contribution in [2.75, 3.05) is 0 Å².